The van der Waals surface area contributed by atoms with Crippen molar-refractivity contribution in [3.63, 3.8) is 0 Å². The first kappa shape index (κ1) is 13.2. The van der Waals surface area contributed by atoms with Gasteiger partial charge in [-0.05, 0) is 6.42 Å². The normalized spacial score (nSPS) is 12.9. The van der Waals surface area contributed by atoms with E-state index in [1.807, 2.05) is 6.20 Å². The number of H-pyrrole nitrogens is 1. The number of aromatic amines is 1. The molecule has 1 atom stereocenters. The van der Waals surface area contributed by atoms with E-state index < -0.39 is 0 Å². The lowest BCUT2D eigenvalue weighted by molar-refractivity contribution is 0.527. The second-order valence-corrected chi connectivity index (χ2v) is 4.56. The van der Waals surface area contributed by atoms with Crippen molar-refractivity contribution in [3.8, 4) is 0 Å². The second-order valence-electron chi connectivity index (χ2n) is 4.56. The highest BCUT2D eigenvalue weighted by molar-refractivity contribution is 4.90. The van der Waals surface area contributed by atoms with Crippen LogP contribution in [-0.2, 0) is 6.42 Å². The molecule has 0 saturated heterocycles. The van der Waals surface area contributed by atoms with E-state index in [0.29, 0.717) is 0 Å². The fourth-order valence-corrected chi connectivity index (χ4v) is 1.95. The molecule has 3 heteroatoms. The van der Waals surface area contributed by atoms with Crippen LogP contribution in [0.2, 0.25) is 0 Å². The fourth-order valence-electron chi connectivity index (χ4n) is 1.95. The summed E-state index contributed by atoms with van der Waals surface area (Å²) in [5, 5.41) is 0. The van der Waals surface area contributed by atoms with Crippen molar-refractivity contribution in [2.45, 2.75) is 64.3 Å². The summed E-state index contributed by atoms with van der Waals surface area (Å²) < 4.78 is 0. The lowest BCUT2D eigenvalue weighted by atomic mass is 10.0. The zero-order valence-corrected chi connectivity index (χ0v) is 10.4. The minimum atomic E-state index is 0.261. The van der Waals surface area contributed by atoms with E-state index in [4.69, 9.17) is 5.73 Å². The molecule has 0 aliphatic heterocycles. The van der Waals surface area contributed by atoms with Gasteiger partial charge in [-0.15, -0.1) is 0 Å². The standard InChI is InChI=1S/C13H25N3/c1-2-3-4-5-6-7-8-12(14)11-13-15-9-10-16-13/h9-10,12H,2-8,11,14H2,1H3,(H,15,16). The SMILES string of the molecule is CCCCCCCCC(N)Cc1ncc[nH]1. The molecule has 0 aliphatic rings. The molecule has 1 rings (SSSR count). The van der Waals surface area contributed by atoms with Gasteiger partial charge in [0.05, 0.1) is 0 Å². The van der Waals surface area contributed by atoms with Crippen LogP contribution in [0.1, 0.15) is 57.7 Å². The minimum Gasteiger partial charge on any atom is -0.349 e. The number of hydrogen-bond acceptors (Lipinski definition) is 2. The van der Waals surface area contributed by atoms with Crippen molar-refractivity contribution >= 4 is 0 Å². The number of nitrogens with two attached hydrogens (primary N) is 1. The Morgan fingerprint density at radius 2 is 2.00 bits per heavy atom. The fraction of sp³-hybridized carbons (Fsp3) is 0.769. The molecular weight excluding hydrogens is 198 g/mol. The molecule has 1 heterocycles. The molecule has 1 unspecified atom stereocenters. The van der Waals surface area contributed by atoms with Gasteiger partial charge in [-0.2, -0.15) is 0 Å². The summed E-state index contributed by atoms with van der Waals surface area (Å²) in [5.41, 5.74) is 6.05. The number of aromatic nitrogens is 2. The molecule has 3 nitrogen and oxygen atoms in total. The third-order valence-corrected chi connectivity index (χ3v) is 2.94. The number of rotatable bonds is 9. The summed E-state index contributed by atoms with van der Waals surface area (Å²) in [7, 11) is 0. The van der Waals surface area contributed by atoms with Gasteiger partial charge in [0.1, 0.15) is 5.82 Å². The number of nitrogens with one attached hydrogen (secondary N) is 1. The molecule has 1 aromatic heterocycles. The molecule has 1 aromatic rings. The number of hydrogen-bond donors (Lipinski definition) is 2. The first-order valence-corrected chi connectivity index (χ1v) is 6.56. The summed E-state index contributed by atoms with van der Waals surface area (Å²) in [6, 6.07) is 0.261. The Morgan fingerprint density at radius 3 is 2.69 bits per heavy atom. The summed E-state index contributed by atoms with van der Waals surface area (Å²) in [4.78, 5) is 7.28. The lowest BCUT2D eigenvalue weighted by Gasteiger charge is -2.09. The van der Waals surface area contributed by atoms with E-state index >= 15 is 0 Å². The van der Waals surface area contributed by atoms with Crippen molar-refractivity contribution in [2.75, 3.05) is 0 Å². The zero-order valence-electron chi connectivity index (χ0n) is 10.4. The summed E-state index contributed by atoms with van der Waals surface area (Å²) in [6.07, 6.45) is 13.6. The molecule has 0 saturated carbocycles. The maximum absolute atomic E-state index is 6.05. The summed E-state index contributed by atoms with van der Waals surface area (Å²) in [5.74, 6) is 1.01. The average Bonchev–Trinajstić information content (AvgIpc) is 2.76. The molecule has 0 radical (unpaired) electrons. The third-order valence-electron chi connectivity index (χ3n) is 2.94. The second kappa shape index (κ2) is 8.34. The molecule has 16 heavy (non-hydrogen) atoms. The van der Waals surface area contributed by atoms with Crippen LogP contribution in [0, 0.1) is 0 Å². The van der Waals surface area contributed by atoms with Gasteiger partial charge < -0.3 is 10.7 Å². The highest BCUT2D eigenvalue weighted by atomic mass is 14.9. The Balaban J connectivity index is 1.96. The third kappa shape index (κ3) is 5.91. The first-order valence-electron chi connectivity index (χ1n) is 6.56. The molecule has 3 N–H and O–H groups in total. The average molecular weight is 223 g/mol. The van der Waals surface area contributed by atoms with Crippen LogP contribution in [-0.4, -0.2) is 16.0 Å². The van der Waals surface area contributed by atoms with E-state index in [1.54, 1.807) is 6.20 Å². The van der Waals surface area contributed by atoms with Crippen molar-refractivity contribution in [3.05, 3.63) is 18.2 Å². The zero-order chi connectivity index (χ0) is 11.6. The van der Waals surface area contributed by atoms with Crippen molar-refractivity contribution in [1.29, 1.82) is 0 Å². The highest BCUT2D eigenvalue weighted by Crippen LogP contribution is 2.09. The van der Waals surface area contributed by atoms with Gasteiger partial charge in [-0.3, -0.25) is 0 Å². The smallest absolute Gasteiger partial charge is 0.107 e. The van der Waals surface area contributed by atoms with E-state index in [-0.39, 0.29) is 6.04 Å². The topological polar surface area (TPSA) is 54.7 Å². The maximum atomic E-state index is 6.05. The van der Waals surface area contributed by atoms with Gasteiger partial charge in [0.15, 0.2) is 0 Å². The Labute approximate surface area is 98.8 Å². The Hall–Kier alpha value is -0.830. The van der Waals surface area contributed by atoms with Crippen molar-refractivity contribution < 1.29 is 0 Å². The van der Waals surface area contributed by atoms with Gasteiger partial charge in [-0.1, -0.05) is 45.4 Å². The van der Waals surface area contributed by atoms with Gasteiger partial charge in [0.2, 0.25) is 0 Å². The molecule has 0 spiro atoms. The van der Waals surface area contributed by atoms with Gasteiger partial charge in [0.25, 0.3) is 0 Å². The molecule has 0 aliphatic carbocycles. The van der Waals surface area contributed by atoms with Crippen LogP contribution in [0.15, 0.2) is 12.4 Å². The predicted molar refractivity (Wildman–Crippen MR) is 68.3 cm³/mol. The van der Waals surface area contributed by atoms with E-state index in [1.165, 1.54) is 38.5 Å². The van der Waals surface area contributed by atoms with E-state index in [0.717, 1.165) is 18.7 Å². The Bertz CT molecular complexity index is 244. The van der Waals surface area contributed by atoms with Gasteiger partial charge in [-0.25, -0.2) is 4.98 Å². The minimum absolute atomic E-state index is 0.261. The van der Waals surface area contributed by atoms with Crippen LogP contribution in [0.3, 0.4) is 0 Å². The van der Waals surface area contributed by atoms with E-state index in [2.05, 4.69) is 16.9 Å². The lowest BCUT2D eigenvalue weighted by Crippen LogP contribution is -2.23. The van der Waals surface area contributed by atoms with Gasteiger partial charge in [0, 0.05) is 24.9 Å². The van der Waals surface area contributed by atoms with Crippen LogP contribution in [0.5, 0.6) is 0 Å². The molecule has 0 bridgehead atoms. The van der Waals surface area contributed by atoms with Crippen LogP contribution >= 0.6 is 0 Å². The van der Waals surface area contributed by atoms with Crippen LogP contribution in [0.4, 0.5) is 0 Å². The molecule has 0 aromatic carbocycles. The molecular formula is C13H25N3. The number of nitrogens with zero attached hydrogens (tertiary/aromatic N) is 1. The van der Waals surface area contributed by atoms with Crippen molar-refractivity contribution in [1.82, 2.24) is 9.97 Å². The largest absolute Gasteiger partial charge is 0.349 e. The van der Waals surface area contributed by atoms with Crippen molar-refractivity contribution in [2.24, 2.45) is 5.73 Å². The first-order chi connectivity index (χ1) is 7.83. The highest BCUT2D eigenvalue weighted by Gasteiger charge is 2.05. The quantitative estimate of drug-likeness (QED) is 0.632. The predicted octanol–water partition coefficient (Wildman–Crippen LogP) is 3.03. The Morgan fingerprint density at radius 1 is 1.25 bits per heavy atom. The Kier molecular flexibility index (Phi) is 6.90. The van der Waals surface area contributed by atoms with Crippen LogP contribution < -0.4 is 5.73 Å². The van der Waals surface area contributed by atoms with E-state index in [9.17, 15) is 0 Å². The molecule has 0 amide bonds. The summed E-state index contributed by atoms with van der Waals surface area (Å²) in [6.45, 7) is 2.25. The summed E-state index contributed by atoms with van der Waals surface area (Å²) >= 11 is 0. The maximum Gasteiger partial charge on any atom is 0.107 e. The number of unbranched alkanes of at least 4 members (excludes halogenated alkanes) is 5. The number of imidazole rings is 1. The van der Waals surface area contributed by atoms with Gasteiger partial charge >= 0.3 is 0 Å². The monoisotopic (exact) mass is 223 g/mol. The molecule has 92 valence electrons. The molecule has 0 fully saturated rings. The van der Waals surface area contributed by atoms with Crippen LogP contribution in [0.25, 0.3) is 0 Å².